The maximum atomic E-state index is 13.3. The van der Waals surface area contributed by atoms with E-state index in [1.807, 2.05) is 37.3 Å². The van der Waals surface area contributed by atoms with Crippen LogP contribution in [0.4, 0.5) is 9.18 Å². The molecule has 0 saturated carbocycles. The lowest BCUT2D eigenvalue weighted by Crippen LogP contribution is -2.44. The minimum atomic E-state index is -0.527. The van der Waals surface area contributed by atoms with Gasteiger partial charge >= 0.3 is 6.09 Å². The van der Waals surface area contributed by atoms with Crippen LogP contribution in [0, 0.1) is 18.7 Å². The van der Waals surface area contributed by atoms with Crippen LogP contribution in [0.3, 0.4) is 0 Å². The van der Waals surface area contributed by atoms with Crippen molar-refractivity contribution in [2.45, 2.75) is 72.1 Å². The van der Waals surface area contributed by atoms with Crippen molar-refractivity contribution in [2.24, 2.45) is 5.92 Å². The van der Waals surface area contributed by atoms with Gasteiger partial charge in [-0.3, -0.25) is 9.48 Å². The number of aromatic nitrogens is 2. The summed E-state index contributed by atoms with van der Waals surface area (Å²) in [4.78, 5) is 29.3. The number of fused-ring (bicyclic) bond motifs is 1. The number of benzene rings is 1. The van der Waals surface area contributed by atoms with Crippen LogP contribution in [0.15, 0.2) is 24.3 Å². The summed E-state index contributed by atoms with van der Waals surface area (Å²) in [5.74, 6) is 0.00189. The zero-order valence-corrected chi connectivity index (χ0v) is 20.6. The number of amides is 2. The van der Waals surface area contributed by atoms with Crippen LogP contribution in [0.25, 0.3) is 0 Å². The van der Waals surface area contributed by atoms with Crippen molar-refractivity contribution >= 4 is 12.0 Å². The molecule has 8 heteroatoms. The van der Waals surface area contributed by atoms with Crippen LogP contribution in [0.2, 0.25) is 0 Å². The van der Waals surface area contributed by atoms with E-state index in [0.29, 0.717) is 39.1 Å². The van der Waals surface area contributed by atoms with E-state index in [1.54, 1.807) is 17.0 Å². The first-order valence-corrected chi connectivity index (χ1v) is 12.1. The predicted octanol–water partition coefficient (Wildman–Crippen LogP) is 4.30. The third-order valence-electron chi connectivity index (χ3n) is 6.57. The topological polar surface area (TPSA) is 67.7 Å². The standard InChI is InChI=1S/C26H35FN4O3/c1-18-22-11-13-29(17-23(22)31(28-18)16-19-7-9-21(27)10-8-19)24(32)14-20-6-5-12-30(15-20)25(33)34-26(2,3)4/h7-10,20H,5-6,11-17H2,1-4H3. The summed E-state index contributed by atoms with van der Waals surface area (Å²) in [5, 5.41) is 4.70. The second kappa shape index (κ2) is 9.76. The van der Waals surface area contributed by atoms with Crippen molar-refractivity contribution in [2.75, 3.05) is 19.6 Å². The Labute approximate surface area is 200 Å². The first-order valence-electron chi connectivity index (χ1n) is 12.1. The Morgan fingerprint density at radius 3 is 2.59 bits per heavy atom. The van der Waals surface area contributed by atoms with Crippen LogP contribution in [-0.2, 0) is 29.0 Å². The molecular formula is C26H35FN4O3. The molecule has 7 nitrogen and oxygen atoms in total. The number of aryl methyl sites for hydroxylation is 1. The van der Waals surface area contributed by atoms with Crippen LogP contribution in [0.5, 0.6) is 0 Å². The average Bonchev–Trinajstić information content (AvgIpc) is 3.09. The number of carbonyl (C=O) groups is 2. The van der Waals surface area contributed by atoms with Gasteiger partial charge < -0.3 is 14.5 Å². The molecule has 1 atom stereocenters. The van der Waals surface area contributed by atoms with Crippen molar-refractivity contribution in [3.63, 3.8) is 0 Å². The summed E-state index contributed by atoms with van der Waals surface area (Å²) in [6.45, 7) is 10.6. The van der Waals surface area contributed by atoms with E-state index >= 15 is 0 Å². The molecule has 184 valence electrons. The first kappa shape index (κ1) is 24.2. The molecule has 1 aromatic heterocycles. The lowest BCUT2D eigenvalue weighted by atomic mass is 9.94. The van der Waals surface area contributed by atoms with Crippen molar-refractivity contribution in [1.29, 1.82) is 0 Å². The largest absolute Gasteiger partial charge is 0.444 e. The summed E-state index contributed by atoms with van der Waals surface area (Å²) in [5.41, 5.74) is 3.70. The minimum Gasteiger partial charge on any atom is -0.444 e. The molecule has 2 aliphatic heterocycles. The molecule has 1 fully saturated rings. The van der Waals surface area contributed by atoms with Gasteiger partial charge in [0.15, 0.2) is 0 Å². The van der Waals surface area contributed by atoms with Gasteiger partial charge in [-0.15, -0.1) is 0 Å². The van der Waals surface area contributed by atoms with Crippen molar-refractivity contribution in [3.05, 3.63) is 52.6 Å². The summed E-state index contributed by atoms with van der Waals surface area (Å²) >= 11 is 0. The van der Waals surface area contributed by atoms with E-state index in [-0.39, 0.29) is 23.7 Å². The zero-order chi connectivity index (χ0) is 24.5. The second-order valence-electron chi connectivity index (χ2n) is 10.5. The van der Waals surface area contributed by atoms with E-state index in [4.69, 9.17) is 9.84 Å². The highest BCUT2D eigenvalue weighted by Gasteiger charge is 2.31. The quantitative estimate of drug-likeness (QED) is 0.668. The van der Waals surface area contributed by atoms with Crippen LogP contribution in [-0.4, -0.2) is 56.8 Å². The Balaban J connectivity index is 1.39. The van der Waals surface area contributed by atoms with Crippen LogP contribution >= 0.6 is 0 Å². The molecular weight excluding hydrogens is 435 g/mol. The van der Waals surface area contributed by atoms with E-state index in [0.717, 1.165) is 36.2 Å². The number of rotatable bonds is 4. The van der Waals surface area contributed by atoms with Gasteiger partial charge in [0.1, 0.15) is 11.4 Å². The number of piperidine rings is 1. The molecule has 34 heavy (non-hydrogen) atoms. The Morgan fingerprint density at radius 1 is 1.15 bits per heavy atom. The first-order chi connectivity index (χ1) is 16.1. The Morgan fingerprint density at radius 2 is 1.88 bits per heavy atom. The number of likely N-dealkylation sites (tertiary alicyclic amines) is 1. The highest BCUT2D eigenvalue weighted by molar-refractivity contribution is 5.77. The fraction of sp³-hybridized carbons (Fsp3) is 0.577. The third kappa shape index (κ3) is 5.77. The van der Waals surface area contributed by atoms with Gasteiger partial charge in [-0.05, 0) is 76.1 Å². The molecule has 2 amide bonds. The summed E-state index contributed by atoms with van der Waals surface area (Å²) in [6, 6.07) is 6.45. The molecule has 1 aromatic carbocycles. The third-order valence-corrected chi connectivity index (χ3v) is 6.57. The van der Waals surface area contributed by atoms with Crippen LogP contribution < -0.4 is 0 Å². The molecule has 0 radical (unpaired) electrons. The fourth-order valence-corrected chi connectivity index (χ4v) is 4.88. The van der Waals surface area contributed by atoms with Gasteiger partial charge in [0.25, 0.3) is 0 Å². The normalized spacial score (nSPS) is 18.6. The number of carbonyl (C=O) groups excluding carboxylic acids is 2. The van der Waals surface area contributed by atoms with E-state index in [1.165, 1.54) is 17.7 Å². The van der Waals surface area contributed by atoms with Gasteiger partial charge in [-0.25, -0.2) is 9.18 Å². The molecule has 0 bridgehead atoms. The SMILES string of the molecule is Cc1nn(Cc2ccc(F)cc2)c2c1CCN(C(=O)CC1CCCN(C(=O)OC(C)(C)C)C1)C2. The number of ether oxygens (including phenoxy) is 1. The molecule has 2 aromatic rings. The second-order valence-corrected chi connectivity index (χ2v) is 10.5. The monoisotopic (exact) mass is 470 g/mol. The van der Waals surface area contributed by atoms with Gasteiger partial charge in [0.2, 0.25) is 5.91 Å². The molecule has 2 aliphatic rings. The van der Waals surface area contributed by atoms with E-state index in [9.17, 15) is 14.0 Å². The Hall–Kier alpha value is -2.90. The van der Waals surface area contributed by atoms with Crippen molar-refractivity contribution in [1.82, 2.24) is 19.6 Å². The van der Waals surface area contributed by atoms with Crippen molar-refractivity contribution in [3.8, 4) is 0 Å². The molecule has 1 unspecified atom stereocenters. The van der Waals surface area contributed by atoms with Gasteiger partial charge in [0, 0.05) is 26.1 Å². The molecule has 3 heterocycles. The van der Waals surface area contributed by atoms with Gasteiger partial charge in [-0.2, -0.15) is 5.10 Å². The van der Waals surface area contributed by atoms with Crippen molar-refractivity contribution < 1.29 is 18.7 Å². The molecule has 4 rings (SSSR count). The van der Waals surface area contributed by atoms with Crippen LogP contribution in [0.1, 0.15) is 62.5 Å². The molecule has 0 N–H and O–H groups in total. The molecule has 1 saturated heterocycles. The number of nitrogens with zero attached hydrogens (tertiary/aromatic N) is 4. The molecule has 0 spiro atoms. The average molecular weight is 471 g/mol. The van der Waals surface area contributed by atoms with E-state index < -0.39 is 5.60 Å². The Bertz CT molecular complexity index is 1040. The number of hydrogen-bond donors (Lipinski definition) is 0. The van der Waals surface area contributed by atoms with Gasteiger partial charge in [0.05, 0.1) is 24.5 Å². The smallest absolute Gasteiger partial charge is 0.410 e. The van der Waals surface area contributed by atoms with Gasteiger partial charge in [-0.1, -0.05) is 12.1 Å². The maximum Gasteiger partial charge on any atom is 0.410 e. The predicted molar refractivity (Wildman–Crippen MR) is 127 cm³/mol. The Kier molecular flexibility index (Phi) is 6.96. The highest BCUT2D eigenvalue weighted by Crippen LogP contribution is 2.26. The summed E-state index contributed by atoms with van der Waals surface area (Å²) < 4.78 is 20.7. The zero-order valence-electron chi connectivity index (χ0n) is 20.6. The number of hydrogen-bond acceptors (Lipinski definition) is 4. The fourth-order valence-electron chi connectivity index (χ4n) is 4.88. The van der Waals surface area contributed by atoms with E-state index in [2.05, 4.69) is 0 Å². The minimum absolute atomic E-state index is 0.119. The maximum absolute atomic E-state index is 13.3. The molecule has 0 aliphatic carbocycles. The summed E-state index contributed by atoms with van der Waals surface area (Å²) in [7, 11) is 0. The highest BCUT2D eigenvalue weighted by atomic mass is 19.1. The lowest BCUT2D eigenvalue weighted by Gasteiger charge is -2.35. The number of halogens is 1. The summed E-state index contributed by atoms with van der Waals surface area (Å²) in [6.07, 6.45) is 2.73. The lowest BCUT2D eigenvalue weighted by molar-refractivity contribution is -0.133.